The average molecular weight is 398 g/mol. The number of rotatable bonds is 6. The van der Waals surface area contributed by atoms with Gasteiger partial charge in [0.2, 0.25) is 0 Å². The number of aromatic nitrogens is 1. The molecule has 0 radical (unpaired) electrons. The van der Waals surface area contributed by atoms with Crippen LogP contribution in [-0.4, -0.2) is 23.0 Å². The first-order valence-corrected chi connectivity index (χ1v) is 9.66. The van der Waals surface area contributed by atoms with Crippen molar-refractivity contribution in [2.45, 2.75) is 26.4 Å². The third-order valence-corrected chi connectivity index (χ3v) is 4.88. The number of esters is 1. The molecule has 1 aromatic heterocycles. The second-order valence-corrected chi connectivity index (χ2v) is 6.99. The summed E-state index contributed by atoms with van der Waals surface area (Å²) >= 11 is 1.29. The van der Waals surface area contributed by atoms with Crippen LogP contribution in [0.25, 0.3) is 11.3 Å². The summed E-state index contributed by atoms with van der Waals surface area (Å²) in [6.07, 6.45) is -0.0542. The molecule has 0 saturated heterocycles. The number of benzene rings is 2. The van der Waals surface area contributed by atoms with Gasteiger partial charge in [0.1, 0.15) is 5.82 Å². The molecule has 28 heavy (non-hydrogen) atoms. The van der Waals surface area contributed by atoms with E-state index < -0.39 is 23.8 Å². The van der Waals surface area contributed by atoms with Gasteiger partial charge in [-0.15, -0.1) is 11.3 Å². The quantitative estimate of drug-likeness (QED) is 0.612. The lowest BCUT2D eigenvalue weighted by Gasteiger charge is -2.12. The molecule has 0 aliphatic carbocycles. The monoisotopic (exact) mass is 398 g/mol. The molecule has 0 fully saturated rings. The van der Waals surface area contributed by atoms with E-state index in [4.69, 9.17) is 4.74 Å². The second-order valence-electron chi connectivity index (χ2n) is 6.13. The predicted octanol–water partition coefficient (Wildman–Crippen LogP) is 4.70. The highest BCUT2D eigenvalue weighted by Gasteiger charge is 2.20. The Morgan fingerprint density at radius 2 is 1.82 bits per heavy atom. The van der Waals surface area contributed by atoms with Crippen LogP contribution < -0.4 is 5.32 Å². The van der Waals surface area contributed by atoms with E-state index in [1.165, 1.54) is 36.0 Å². The average Bonchev–Trinajstić information content (AvgIpc) is 3.17. The minimum Gasteiger partial charge on any atom is -0.449 e. The summed E-state index contributed by atoms with van der Waals surface area (Å²) in [5.41, 5.74) is 3.14. The molecule has 0 spiro atoms. The maximum atomic E-state index is 12.9. The number of nitrogens with one attached hydrogen (secondary N) is 1. The lowest BCUT2D eigenvalue weighted by molar-refractivity contribution is -0.123. The molecule has 0 unspecified atom stereocenters. The number of anilines is 1. The second kappa shape index (κ2) is 8.75. The molecule has 2 aromatic carbocycles. The van der Waals surface area contributed by atoms with Crippen molar-refractivity contribution in [3.63, 3.8) is 0 Å². The molecule has 1 N–H and O–H groups in total. The van der Waals surface area contributed by atoms with Gasteiger partial charge < -0.3 is 4.74 Å². The Kier molecular flexibility index (Phi) is 6.16. The van der Waals surface area contributed by atoms with E-state index in [2.05, 4.69) is 17.2 Å². The summed E-state index contributed by atoms with van der Waals surface area (Å²) in [5.74, 6) is -1.64. The predicted molar refractivity (Wildman–Crippen MR) is 107 cm³/mol. The zero-order valence-corrected chi connectivity index (χ0v) is 16.3. The summed E-state index contributed by atoms with van der Waals surface area (Å²) in [7, 11) is 0. The molecular weight excluding hydrogens is 379 g/mol. The van der Waals surface area contributed by atoms with Gasteiger partial charge in [0.15, 0.2) is 11.2 Å². The lowest BCUT2D eigenvalue weighted by atomic mass is 10.1. The van der Waals surface area contributed by atoms with Gasteiger partial charge in [-0.2, -0.15) is 0 Å². The van der Waals surface area contributed by atoms with Crippen LogP contribution in [0.4, 0.5) is 9.52 Å². The summed E-state index contributed by atoms with van der Waals surface area (Å²) < 4.78 is 18.1. The summed E-state index contributed by atoms with van der Waals surface area (Å²) in [5, 5.41) is 4.93. The molecular formula is C21H19FN2O3S. The van der Waals surface area contributed by atoms with Gasteiger partial charge in [-0.1, -0.05) is 31.2 Å². The Morgan fingerprint density at radius 1 is 1.14 bits per heavy atom. The first-order valence-electron chi connectivity index (χ1n) is 8.78. The molecule has 144 valence electrons. The van der Waals surface area contributed by atoms with Gasteiger partial charge in [-0.3, -0.25) is 10.1 Å². The number of nitrogens with zero attached hydrogens (tertiary/aromatic N) is 1. The highest BCUT2D eigenvalue weighted by molar-refractivity contribution is 7.14. The van der Waals surface area contributed by atoms with Crippen molar-refractivity contribution in [2.75, 3.05) is 5.32 Å². The van der Waals surface area contributed by atoms with E-state index in [1.807, 2.05) is 29.6 Å². The molecule has 0 bridgehead atoms. The number of ether oxygens (including phenoxy) is 1. The number of hydrogen-bond acceptors (Lipinski definition) is 5. The Balaban J connectivity index is 1.60. The van der Waals surface area contributed by atoms with Crippen molar-refractivity contribution < 1.29 is 18.7 Å². The topological polar surface area (TPSA) is 68.3 Å². The minimum atomic E-state index is -1.02. The summed E-state index contributed by atoms with van der Waals surface area (Å²) in [4.78, 5) is 28.7. The van der Waals surface area contributed by atoms with Crippen LogP contribution in [0.2, 0.25) is 0 Å². The van der Waals surface area contributed by atoms with Crippen molar-refractivity contribution in [3.05, 3.63) is 70.9 Å². The number of carbonyl (C=O) groups is 2. The van der Waals surface area contributed by atoms with Crippen LogP contribution in [-0.2, 0) is 16.0 Å². The zero-order chi connectivity index (χ0) is 20.1. The van der Waals surface area contributed by atoms with Crippen LogP contribution in [0.3, 0.4) is 0 Å². The molecule has 5 nitrogen and oxygen atoms in total. The maximum absolute atomic E-state index is 12.9. The van der Waals surface area contributed by atoms with E-state index in [-0.39, 0.29) is 5.56 Å². The fraction of sp³-hybridized carbons (Fsp3) is 0.190. The summed E-state index contributed by atoms with van der Waals surface area (Å²) in [6.45, 7) is 3.56. The van der Waals surface area contributed by atoms with Crippen molar-refractivity contribution in [1.82, 2.24) is 4.98 Å². The van der Waals surface area contributed by atoms with Crippen molar-refractivity contribution in [1.29, 1.82) is 0 Å². The molecule has 1 atom stereocenters. The summed E-state index contributed by atoms with van der Waals surface area (Å²) in [6, 6.07) is 13.0. The first kappa shape index (κ1) is 19.7. The van der Waals surface area contributed by atoms with Crippen LogP contribution in [0.15, 0.2) is 53.9 Å². The third-order valence-electron chi connectivity index (χ3n) is 4.13. The van der Waals surface area contributed by atoms with Gasteiger partial charge in [-0.25, -0.2) is 14.2 Å². The van der Waals surface area contributed by atoms with Crippen LogP contribution in [0.5, 0.6) is 0 Å². The third kappa shape index (κ3) is 4.80. The van der Waals surface area contributed by atoms with E-state index >= 15 is 0 Å². The van der Waals surface area contributed by atoms with E-state index in [1.54, 1.807) is 0 Å². The molecule has 3 aromatic rings. The van der Waals surface area contributed by atoms with Crippen molar-refractivity contribution >= 4 is 28.3 Å². The van der Waals surface area contributed by atoms with Gasteiger partial charge in [-0.05, 0) is 43.2 Å². The fourth-order valence-electron chi connectivity index (χ4n) is 2.45. The maximum Gasteiger partial charge on any atom is 0.338 e. The molecule has 1 heterocycles. The number of amides is 1. The minimum absolute atomic E-state index is 0.174. The van der Waals surface area contributed by atoms with Gasteiger partial charge >= 0.3 is 5.97 Å². The molecule has 7 heteroatoms. The fourth-order valence-corrected chi connectivity index (χ4v) is 3.17. The highest BCUT2D eigenvalue weighted by Crippen LogP contribution is 2.25. The van der Waals surface area contributed by atoms with Gasteiger partial charge in [0, 0.05) is 10.9 Å². The van der Waals surface area contributed by atoms with E-state index in [9.17, 15) is 14.0 Å². The lowest BCUT2D eigenvalue weighted by Crippen LogP contribution is -2.29. The highest BCUT2D eigenvalue weighted by atomic mass is 32.1. The Hall–Kier alpha value is -3.06. The number of thiazole rings is 1. The van der Waals surface area contributed by atoms with Crippen LogP contribution >= 0.6 is 11.3 Å². The Morgan fingerprint density at radius 3 is 2.46 bits per heavy atom. The molecule has 0 aliphatic rings. The normalized spacial score (nSPS) is 11.7. The van der Waals surface area contributed by atoms with E-state index in [0.717, 1.165) is 29.8 Å². The SMILES string of the molecule is CCc1ccc(-c2csc(NC(=O)[C@H](C)OC(=O)c3ccc(F)cc3)n2)cc1. The smallest absolute Gasteiger partial charge is 0.338 e. The molecule has 1 amide bonds. The number of carbonyl (C=O) groups excluding carboxylic acids is 2. The zero-order valence-electron chi connectivity index (χ0n) is 15.4. The molecule has 0 saturated carbocycles. The number of halogens is 1. The Bertz CT molecular complexity index is 968. The number of hydrogen-bond donors (Lipinski definition) is 1. The standard InChI is InChI=1S/C21H19FN2O3S/c1-3-14-4-6-15(7-5-14)18-12-28-21(23-18)24-19(25)13(2)27-20(26)16-8-10-17(22)11-9-16/h4-13H,3H2,1-2H3,(H,23,24,25)/t13-/m0/s1. The first-order chi connectivity index (χ1) is 13.5. The van der Waals surface area contributed by atoms with Crippen LogP contribution in [0, 0.1) is 5.82 Å². The van der Waals surface area contributed by atoms with Gasteiger partial charge in [0.25, 0.3) is 5.91 Å². The molecule has 0 aliphatic heterocycles. The Labute approximate surface area is 166 Å². The van der Waals surface area contributed by atoms with Gasteiger partial charge in [0.05, 0.1) is 11.3 Å². The van der Waals surface area contributed by atoms with E-state index in [0.29, 0.717) is 5.13 Å². The number of aryl methyl sites for hydroxylation is 1. The van der Waals surface area contributed by atoms with Crippen molar-refractivity contribution in [2.24, 2.45) is 0 Å². The largest absolute Gasteiger partial charge is 0.449 e. The van der Waals surface area contributed by atoms with Crippen molar-refractivity contribution in [3.8, 4) is 11.3 Å². The molecule has 3 rings (SSSR count). The van der Waals surface area contributed by atoms with Crippen LogP contribution in [0.1, 0.15) is 29.8 Å².